The number of nitrogens with zero attached hydrogens (tertiary/aromatic N) is 4. The first-order chi connectivity index (χ1) is 19.1. The van der Waals surface area contributed by atoms with Gasteiger partial charge in [0.25, 0.3) is 0 Å². The maximum atomic E-state index is 13.0. The lowest BCUT2D eigenvalue weighted by Crippen LogP contribution is -2.20. The van der Waals surface area contributed by atoms with Crippen LogP contribution in [0.15, 0.2) is 40.8 Å². The Kier molecular flexibility index (Phi) is 7.78. The molecule has 0 saturated heterocycles. The highest BCUT2D eigenvalue weighted by atomic mass is 32.1. The second-order valence-electron chi connectivity index (χ2n) is 9.48. The van der Waals surface area contributed by atoms with Gasteiger partial charge in [-0.05, 0) is 69.4 Å². The summed E-state index contributed by atoms with van der Waals surface area (Å²) in [5.41, 5.74) is 7.14. The van der Waals surface area contributed by atoms with Gasteiger partial charge < -0.3 is 9.88 Å². The number of thiazole rings is 1. The van der Waals surface area contributed by atoms with Crippen molar-refractivity contribution >= 4 is 45.6 Å². The zero-order valence-corrected chi connectivity index (χ0v) is 23.4. The van der Waals surface area contributed by atoms with Gasteiger partial charge in [-0.3, -0.25) is 4.79 Å². The largest absolute Gasteiger partial charge is 0.416 e. The van der Waals surface area contributed by atoms with E-state index in [0.717, 1.165) is 65.3 Å². The molecule has 1 aliphatic rings. The van der Waals surface area contributed by atoms with E-state index in [2.05, 4.69) is 31.5 Å². The Balaban J connectivity index is 1.22. The summed E-state index contributed by atoms with van der Waals surface area (Å²) in [4.78, 5) is 18.0. The number of anilines is 2. The van der Waals surface area contributed by atoms with E-state index in [1.165, 1.54) is 33.9 Å². The fraction of sp³-hybridized carbons (Fsp3) is 0.286. The molecule has 7 nitrogen and oxygen atoms in total. The number of hydrogen-bond donors (Lipinski definition) is 2. The van der Waals surface area contributed by atoms with Crippen molar-refractivity contribution in [1.29, 1.82) is 5.26 Å². The number of rotatable bonds is 7. The highest BCUT2D eigenvalue weighted by Gasteiger charge is 2.30. The Hall–Kier alpha value is -3.95. The lowest BCUT2D eigenvalue weighted by atomic mass is 9.96. The summed E-state index contributed by atoms with van der Waals surface area (Å²) in [6, 6.07) is 9.23. The number of aromatic nitrogens is 2. The lowest BCUT2D eigenvalue weighted by Gasteiger charge is -2.10. The molecule has 0 radical (unpaired) electrons. The number of hydrazone groups is 1. The van der Waals surface area contributed by atoms with E-state index in [1.54, 1.807) is 22.9 Å². The highest BCUT2D eigenvalue weighted by molar-refractivity contribution is 7.15. The number of aryl methyl sites for hydroxylation is 2. The summed E-state index contributed by atoms with van der Waals surface area (Å²) < 4.78 is 40.9. The van der Waals surface area contributed by atoms with Crippen LogP contribution in [0, 0.1) is 25.2 Å². The molecule has 1 amide bonds. The maximum absolute atomic E-state index is 13.0. The summed E-state index contributed by atoms with van der Waals surface area (Å²) in [6.45, 7) is 3.94. The summed E-state index contributed by atoms with van der Waals surface area (Å²) in [7, 11) is 0. The third-order valence-corrected chi connectivity index (χ3v) is 8.75. The molecule has 0 aliphatic heterocycles. The molecular formula is C28H25F3N6OS2. The average Bonchev–Trinajstić information content (AvgIpc) is 3.58. The Bertz CT molecular complexity index is 1640. The van der Waals surface area contributed by atoms with Crippen LogP contribution in [-0.2, 0) is 30.2 Å². The second kappa shape index (κ2) is 11.3. The maximum Gasteiger partial charge on any atom is 0.416 e. The molecular weight excluding hydrogens is 557 g/mol. The molecule has 1 aromatic carbocycles. The quantitative estimate of drug-likeness (QED) is 0.185. The van der Waals surface area contributed by atoms with E-state index >= 15 is 0 Å². The van der Waals surface area contributed by atoms with Gasteiger partial charge in [0.05, 0.1) is 29.5 Å². The molecule has 3 aromatic heterocycles. The van der Waals surface area contributed by atoms with Crippen LogP contribution in [0.25, 0.3) is 5.00 Å². The number of alkyl halides is 3. The van der Waals surface area contributed by atoms with Crippen LogP contribution < -0.4 is 10.7 Å². The lowest BCUT2D eigenvalue weighted by molar-refractivity contribution is -0.137. The van der Waals surface area contributed by atoms with Gasteiger partial charge >= 0.3 is 6.18 Å². The monoisotopic (exact) mass is 582 g/mol. The van der Waals surface area contributed by atoms with Crippen molar-refractivity contribution in [3.05, 3.63) is 79.9 Å². The topological polar surface area (TPSA) is 95.1 Å². The van der Waals surface area contributed by atoms with E-state index < -0.39 is 11.7 Å². The van der Waals surface area contributed by atoms with E-state index in [1.807, 2.05) is 19.9 Å². The van der Waals surface area contributed by atoms with Crippen LogP contribution >= 0.6 is 22.7 Å². The molecule has 4 aromatic rings. The van der Waals surface area contributed by atoms with Crippen molar-refractivity contribution in [2.24, 2.45) is 5.10 Å². The molecule has 1 aliphatic carbocycles. The van der Waals surface area contributed by atoms with Crippen LogP contribution in [0.2, 0.25) is 0 Å². The number of hydrogen-bond acceptors (Lipinski definition) is 7. The number of benzene rings is 1. The standard InChI is InChI=1S/C28H25F3N6OS2/c1-16-10-18(17(2)37(16)26-23(13-32)22-8-3-4-9-24(22)40-26)14-33-36-25(38)12-21-15-39-27(35-21)34-20-7-5-6-19(11-20)28(29,30)31/h5-7,10-11,14-15H,3-4,8-9,12H2,1-2H3,(H,34,35)(H,36,38)/b33-14-. The highest BCUT2D eigenvalue weighted by Crippen LogP contribution is 2.38. The second-order valence-corrected chi connectivity index (χ2v) is 11.4. The predicted molar refractivity (Wildman–Crippen MR) is 151 cm³/mol. The first-order valence-electron chi connectivity index (χ1n) is 12.6. The van der Waals surface area contributed by atoms with Crippen molar-refractivity contribution < 1.29 is 18.0 Å². The zero-order chi connectivity index (χ0) is 28.4. The molecule has 0 spiro atoms. The zero-order valence-electron chi connectivity index (χ0n) is 21.7. The first-order valence-corrected chi connectivity index (χ1v) is 14.3. The normalized spacial score (nSPS) is 13.3. The van der Waals surface area contributed by atoms with Crippen molar-refractivity contribution in [2.45, 2.75) is 52.1 Å². The van der Waals surface area contributed by atoms with Crippen LogP contribution in [0.3, 0.4) is 0 Å². The van der Waals surface area contributed by atoms with Crippen LogP contribution in [0.4, 0.5) is 24.0 Å². The van der Waals surface area contributed by atoms with Crippen molar-refractivity contribution in [1.82, 2.24) is 15.0 Å². The van der Waals surface area contributed by atoms with Crippen LogP contribution in [-0.4, -0.2) is 21.7 Å². The number of halogens is 3. The van der Waals surface area contributed by atoms with Crippen molar-refractivity contribution in [3.63, 3.8) is 0 Å². The molecule has 40 heavy (non-hydrogen) atoms. The molecule has 0 atom stereocenters. The van der Waals surface area contributed by atoms with Crippen LogP contribution in [0.1, 0.15) is 57.1 Å². The third-order valence-electron chi connectivity index (χ3n) is 6.67. The summed E-state index contributed by atoms with van der Waals surface area (Å²) in [5, 5.41) is 19.8. The molecule has 0 fully saturated rings. The minimum Gasteiger partial charge on any atom is -0.332 e. The summed E-state index contributed by atoms with van der Waals surface area (Å²) in [5.74, 6) is -0.376. The number of amides is 1. The van der Waals surface area contributed by atoms with Gasteiger partial charge in [-0.2, -0.15) is 23.5 Å². The van der Waals surface area contributed by atoms with Crippen LogP contribution in [0.5, 0.6) is 0 Å². The molecule has 0 bridgehead atoms. The average molecular weight is 583 g/mol. The smallest absolute Gasteiger partial charge is 0.332 e. The molecule has 0 saturated carbocycles. The Morgan fingerprint density at radius 3 is 2.83 bits per heavy atom. The van der Waals surface area contributed by atoms with Crippen molar-refractivity contribution in [3.8, 4) is 11.1 Å². The Morgan fingerprint density at radius 2 is 2.05 bits per heavy atom. The van der Waals surface area contributed by atoms with Gasteiger partial charge in [-0.25, -0.2) is 10.4 Å². The molecule has 12 heteroatoms. The number of carbonyl (C=O) groups excluding carboxylic acids is 1. The fourth-order valence-electron chi connectivity index (χ4n) is 4.78. The number of nitrogens with one attached hydrogen (secondary N) is 2. The number of carbonyl (C=O) groups is 1. The van der Waals surface area contributed by atoms with Gasteiger partial charge in [0.15, 0.2) is 5.13 Å². The SMILES string of the molecule is Cc1cc(/C=N\NC(=O)Cc2csc(Nc3cccc(C(F)(F)F)c3)n2)c(C)n1-c1sc2c(c1C#N)CCCC2. The Labute approximate surface area is 237 Å². The van der Waals surface area contributed by atoms with E-state index in [9.17, 15) is 23.2 Å². The number of nitriles is 1. The number of fused-ring (bicyclic) bond motifs is 1. The van der Waals surface area contributed by atoms with Crippen molar-refractivity contribution in [2.75, 3.05) is 5.32 Å². The van der Waals surface area contributed by atoms with Gasteiger partial charge in [0.2, 0.25) is 5.91 Å². The van der Waals surface area contributed by atoms with E-state index in [-0.39, 0.29) is 18.0 Å². The molecule has 0 unspecified atom stereocenters. The minimum absolute atomic E-state index is 0.0383. The molecule has 3 heterocycles. The van der Waals surface area contributed by atoms with Gasteiger partial charge in [0.1, 0.15) is 11.1 Å². The third kappa shape index (κ3) is 5.80. The van der Waals surface area contributed by atoms with Gasteiger partial charge in [-0.1, -0.05) is 6.07 Å². The fourth-order valence-corrected chi connectivity index (χ4v) is 6.96. The minimum atomic E-state index is -4.44. The van der Waals surface area contributed by atoms with Gasteiger partial charge in [0, 0.05) is 32.9 Å². The van der Waals surface area contributed by atoms with E-state index in [0.29, 0.717) is 10.8 Å². The summed E-state index contributed by atoms with van der Waals surface area (Å²) >= 11 is 2.87. The first kappa shape index (κ1) is 27.6. The van der Waals surface area contributed by atoms with E-state index in [4.69, 9.17) is 0 Å². The summed E-state index contributed by atoms with van der Waals surface area (Å²) in [6.07, 6.45) is 1.31. The molecule has 2 N–H and O–H groups in total. The Morgan fingerprint density at radius 1 is 1.25 bits per heavy atom. The molecule has 206 valence electrons. The number of thiophene rings is 1. The van der Waals surface area contributed by atoms with Gasteiger partial charge in [-0.15, -0.1) is 22.7 Å². The predicted octanol–water partition coefficient (Wildman–Crippen LogP) is 6.82. The molecule has 5 rings (SSSR count).